The third kappa shape index (κ3) is 2.90. The molecular formula is C17H21N5O3S. The number of nitrogens with zero attached hydrogens (tertiary/aromatic N) is 5. The van der Waals surface area contributed by atoms with E-state index >= 15 is 0 Å². The van der Waals surface area contributed by atoms with Gasteiger partial charge in [0.2, 0.25) is 15.9 Å². The molecule has 2 aliphatic rings. The van der Waals surface area contributed by atoms with E-state index in [2.05, 4.69) is 10.1 Å². The Bertz CT molecular complexity index is 926. The van der Waals surface area contributed by atoms with Crippen molar-refractivity contribution in [2.24, 2.45) is 0 Å². The molecule has 1 atom stereocenters. The quantitative estimate of drug-likeness (QED) is 0.797. The lowest BCUT2D eigenvalue weighted by Crippen LogP contribution is -2.38. The summed E-state index contributed by atoms with van der Waals surface area (Å²) in [5, 5.41) is 4.09. The van der Waals surface area contributed by atoms with E-state index < -0.39 is 10.0 Å². The van der Waals surface area contributed by atoms with E-state index in [0.717, 1.165) is 24.8 Å². The molecule has 1 aromatic heterocycles. The zero-order valence-electron chi connectivity index (χ0n) is 14.6. The van der Waals surface area contributed by atoms with Crippen LogP contribution >= 0.6 is 0 Å². The van der Waals surface area contributed by atoms with Crippen LogP contribution in [-0.2, 0) is 27.8 Å². The highest BCUT2D eigenvalue weighted by Gasteiger charge is 2.36. The summed E-state index contributed by atoms with van der Waals surface area (Å²) >= 11 is 0. The number of rotatable bonds is 4. The zero-order valence-corrected chi connectivity index (χ0v) is 15.4. The van der Waals surface area contributed by atoms with Crippen molar-refractivity contribution < 1.29 is 13.2 Å². The third-order valence-electron chi connectivity index (χ3n) is 5.13. The number of sulfonamides is 1. The molecule has 1 saturated heterocycles. The molecule has 1 unspecified atom stereocenters. The Labute approximate surface area is 152 Å². The molecule has 8 nitrogen and oxygen atoms in total. The molecule has 0 spiro atoms. The summed E-state index contributed by atoms with van der Waals surface area (Å²) in [6.45, 7) is 3.09. The molecule has 2 aliphatic heterocycles. The standard InChI is InChI=1S/C17H21N5O3S/c1-13(23)21-8-6-14-4-5-16(9-17(14)21)26(24,25)22-7-2-3-15(22)10-20-12-18-11-19-20/h4-5,9,11-12,15H,2-3,6-8,10H2,1H3. The van der Waals surface area contributed by atoms with Crippen molar-refractivity contribution in [3.63, 3.8) is 0 Å². The van der Waals surface area contributed by atoms with Crippen LogP contribution in [0.2, 0.25) is 0 Å². The molecule has 1 aromatic carbocycles. The van der Waals surface area contributed by atoms with Crippen LogP contribution in [0.3, 0.4) is 0 Å². The fourth-order valence-corrected chi connectivity index (χ4v) is 5.54. The second-order valence-electron chi connectivity index (χ2n) is 6.74. The topological polar surface area (TPSA) is 88.4 Å². The Kier molecular flexibility index (Phi) is 4.28. The van der Waals surface area contributed by atoms with Gasteiger partial charge in [0.25, 0.3) is 0 Å². The van der Waals surface area contributed by atoms with Gasteiger partial charge < -0.3 is 4.90 Å². The van der Waals surface area contributed by atoms with E-state index in [9.17, 15) is 13.2 Å². The van der Waals surface area contributed by atoms with Crippen molar-refractivity contribution in [1.29, 1.82) is 0 Å². The van der Waals surface area contributed by atoms with E-state index in [1.54, 1.807) is 32.3 Å². The van der Waals surface area contributed by atoms with Gasteiger partial charge in [0.1, 0.15) is 12.7 Å². The summed E-state index contributed by atoms with van der Waals surface area (Å²) < 4.78 is 29.7. The lowest BCUT2D eigenvalue weighted by Gasteiger charge is -2.24. The van der Waals surface area contributed by atoms with Crippen LogP contribution in [0.25, 0.3) is 0 Å². The Morgan fingerprint density at radius 1 is 1.31 bits per heavy atom. The van der Waals surface area contributed by atoms with Gasteiger partial charge in [-0.15, -0.1) is 0 Å². The Morgan fingerprint density at radius 3 is 2.88 bits per heavy atom. The van der Waals surface area contributed by atoms with Gasteiger partial charge in [-0.25, -0.2) is 13.4 Å². The van der Waals surface area contributed by atoms with Crippen molar-refractivity contribution in [3.05, 3.63) is 36.4 Å². The van der Waals surface area contributed by atoms with Gasteiger partial charge in [-0.2, -0.15) is 9.40 Å². The average Bonchev–Trinajstić information content (AvgIpc) is 3.35. The Balaban J connectivity index is 1.64. The molecule has 0 aliphatic carbocycles. The lowest BCUT2D eigenvalue weighted by atomic mass is 10.2. The average molecular weight is 375 g/mol. The van der Waals surface area contributed by atoms with E-state index in [1.165, 1.54) is 13.3 Å². The van der Waals surface area contributed by atoms with Gasteiger partial charge in [0, 0.05) is 31.7 Å². The van der Waals surface area contributed by atoms with Crippen molar-refractivity contribution in [2.75, 3.05) is 18.0 Å². The minimum absolute atomic E-state index is 0.0662. The molecule has 2 aromatic rings. The maximum atomic E-state index is 13.2. The van der Waals surface area contributed by atoms with Gasteiger partial charge in [0.05, 0.1) is 11.4 Å². The summed E-state index contributed by atoms with van der Waals surface area (Å²) in [5.74, 6) is -0.0662. The van der Waals surface area contributed by atoms with E-state index in [-0.39, 0.29) is 16.8 Å². The molecule has 138 valence electrons. The minimum atomic E-state index is -3.63. The van der Waals surface area contributed by atoms with Gasteiger partial charge >= 0.3 is 0 Å². The van der Waals surface area contributed by atoms with E-state index in [0.29, 0.717) is 25.3 Å². The monoisotopic (exact) mass is 375 g/mol. The zero-order chi connectivity index (χ0) is 18.3. The number of hydrogen-bond donors (Lipinski definition) is 0. The molecule has 1 amide bonds. The lowest BCUT2D eigenvalue weighted by molar-refractivity contribution is -0.116. The van der Waals surface area contributed by atoms with Crippen molar-refractivity contribution in [2.45, 2.75) is 43.7 Å². The molecule has 9 heteroatoms. The molecule has 1 fully saturated rings. The fourth-order valence-electron chi connectivity index (χ4n) is 3.83. The summed E-state index contributed by atoms with van der Waals surface area (Å²) in [7, 11) is -3.63. The molecule has 0 bridgehead atoms. The number of benzene rings is 1. The van der Waals surface area contributed by atoms with Gasteiger partial charge in [-0.1, -0.05) is 6.07 Å². The highest BCUT2D eigenvalue weighted by Crippen LogP contribution is 2.33. The van der Waals surface area contributed by atoms with Crippen LogP contribution in [0.15, 0.2) is 35.7 Å². The van der Waals surface area contributed by atoms with Crippen LogP contribution in [0.4, 0.5) is 5.69 Å². The SMILES string of the molecule is CC(=O)N1CCc2ccc(S(=O)(=O)N3CCCC3Cn3cncn3)cc21. The van der Waals surface area contributed by atoms with E-state index in [1.807, 2.05) is 6.07 Å². The van der Waals surface area contributed by atoms with Crippen LogP contribution < -0.4 is 4.90 Å². The highest BCUT2D eigenvalue weighted by atomic mass is 32.2. The maximum Gasteiger partial charge on any atom is 0.243 e. The number of anilines is 1. The number of fused-ring (bicyclic) bond motifs is 1. The van der Waals surface area contributed by atoms with Crippen molar-refractivity contribution >= 4 is 21.6 Å². The highest BCUT2D eigenvalue weighted by molar-refractivity contribution is 7.89. The summed E-state index contributed by atoms with van der Waals surface area (Å²) in [5.41, 5.74) is 1.73. The van der Waals surface area contributed by atoms with Crippen LogP contribution in [0, 0.1) is 0 Å². The summed E-state index contributed by atoms with van der Waals surface area (Å²) in [4.78, 5) is 17.6. The largest absolute Gasteiger partial charge is 0.312 e. The fraction of sp³-hybridized carbons (Fsp3) is 0.471. The Hall–Kier alpha value is -2.26. The first-order valence-electron chi connectivity index (χ1n) is 8.72. The van der Waals surface area contributed by atoms with Gasteiger partial charge in [-0.3, -0.25) is 9.48 Å². The predicted octanol–water partition coefficient (Wildman–Crippen LogP) is 1.04. The molecule has 0 N–H and O–H groups in total. The number of amides is 1. The molecule has 4 rings (SSSR count). The number of carbonyl (C=O) groups is 1. The molecule has 3 heterocycles. The van der Waals surface area contributed by atoms with Crippen LogP contribution in [0.5, 0.6) is 0 Å². The van der Waals surface area contributed by atoms with Crippen molar-refractivity contribution in [3.8, 4) is 0 Å². The number of carbonyl (C=O) groups excluding carboxylic acids is 1. The number of hydrogen-bond acceptors (Lipinski definition) is 5. The maximum absolute atomic E-state index is 13.2. The summed E-state index contributed by atoms with van der Waals surface area (Å²) in [6, 6.07) is 4.99. The molecule has 0 saturated carbocycles. The first-order valence-corrected chi connectivity index (χ1v) is 10.2. The van der Waals surface area contributed by atoms with Crippen LogP contribution in [0.1, 0.15) is 25.3 Å². The van der Waals surface area contributed by atoms with Crippen molar-refractivity contribution in [1.82, 2.24) is 19.1 Å². The van der Waals surface area contributed by atoms with E-state index in [4.69, 9.17) is 0 Å². The first-order chi connectivity index (χ1) is 12.5. The normalized spacial score (nSPS) is 20.5. The number of aromatic nitrogens is 3. The van der Waals surface area contributed by atoms with Crippen LogP contribution in [-0.4, -0.2) is 52.5 Å². The summed E-state index contributed by atoms with van der Waals surface area (Å²) in [6.07, 6.45) is 5.43. The molecule has 0 radical (unpaired) electrons. The second-order valence-corrected chi connectivity index (χ2v) is 8.63. The van der Waals surface area contributed by atoms with Gasteiger partial charge in [0.15, 0.2) is 0 Å². The second kappa shape index (κ2) is 6.48. The molecule has 26 heavy (non-hydrogen) atoms. The Morgan fingerprint density at radius 2 is 2.15 bits per heavy atom. The minimum Gasteiger partial charge on any atom is -0.312 e. The van der Waals surface area contributed by atoms with Gasteiger partial charge in [-0.05, 0) is 37.0 Å². The third-order valence-corrected chi connectivity index (χ3v) is 7.07. The predicted molar refractivity (Wildman–Crippen MR) is 95.1 cm³/mol. The first kappa shape index (κ1) is 17.2. The smallest absolute Gasteiger partial charge is 0.243 e. The molecular weight excluding hydrogens is 354 g/mol.